The standard InChI is InChI=1S/C9H7.C9H13.2C3H9Si.Si.Zr/c1-2-5-9-7-3-6-8(9)4-1;1-6-5-7(2)9(4)8(6)3;2*1-4(2)3;;/h1-7H;6H,1-4H3;2*1-3H3;;/q2*-1;;;;+2. The maximum atomic E-state index is 3.36. The van der Waals surface area contributed by atoms with E-state index in [2.05, 4.69) is 122 Å². The van der Waals surface area contributed by atoms with Crippen LogP contribution in [-0.2, 0) is 23.3 Å². The van der Waals surface area contributed by atoms with E-state index in [0.29, 0.717) is 5.92 Å². The fourth-order valence-corrected chi connectivity index (χ4v) is 2.23. The largest absolute Gasteiger partial charge is 0.168 e. The Morgan fingerprint density at radius 2 is 1.36 bits per heavy atom. The van der Waals surface area contributed by atoms with E-state index in [-0.39, 0.29) is 17.6 Å². The molecule has 0 saturated carbocycles. The maximum Gasteiger partial charge on any atom is -0.0809 e. The predicted molar refractivity (Wildman–Crippen MR) is 132 cm³/mol. The normalized spacial score (nSPS) is 14.8. The molecule has 2 aromatic carbocycles. The molecule has 4 radical (unpaired) electrons. The average molecular weight is 502 g/mol. The van der Waals surface area contributed by atoms with Crippen LogP contribution in [0.25, 0.3) is 10.8 Å². The van der Waals surface area contributed by atoms with Crippen LogP contribution in [0.5, 0.6) is 0 Å². The van der Waals surface area contributed by atoms with Crippen molar-refractivity contribution in [2.75, 3.05) is 0 Å². The maximum absolute atomic E-state index is 3.36. The van der Waals surface area contributed by atoms with Gasteiger partial charge in [0.25, 0.3) is 0 Å². The molecule has 1 aliphatic rings. The molecule has 4 heteroatoms. The first-order valence-corrected chi connectivity index (χ1v) is 19.9. The number of allylic oxidation sites excluding steroid dienone is 4. The summed E-state index contributed by atoms with van der Waals surface area (Å²) in [5.74, 6) is 0.560. The van der Waals surface area contributed by atoms with E-state index in [0.717, 1.165) is 0 Å². The third-order valence-corrected chi connectivity index (χ3v) is 3.78. The van der Waals surface area contributed by atoms with Gasteiger partial charge < -0.3 is 0 Å². The Hall–Kier alpha value is -0.156. The van der Waals surface area contributed by atoms with Crippen molar-refractivity contribution in [2.24, 2.45) is 5.92 Å². The molecule has 28 heavy (non-hydrogen) atoms. The molecule has 0 fully saturated rings. The summed E-state index contributed by atoms with van der Waals surface area (Å²) in [5, 5.41) is 2.66. The van der Waals surface area contributed by atoms with Gasteiger partial charge in [0.2, 0.25) is 0 Å². The predicted octanol–water partition coefficient (Wildman–Crippen LogP) is 7.64. The van der Waals surface area contributed by atoms with Gasteiger partial charge in [0, 0.05) is 17.6 Å². The first-order chi connectivity index (χ1) is 13.1. The molecule has 0 heterocycles. The molecular formula is C24H38Si3Zr. The second-order valence-electron chi connectivity index (χ2n) is 7.95. The Morgan fingerprint density at radius 3 is 1.68 bits per heavy atom. The SMILES string of the molecule is CC1=[C-]C(C)C(C)=C1C.C[Si](C)C.C[Si](C)C.[Si]=[Zr+2].c1ccc2[cH-]ccc2c1. The molecule has 2 aromatic rings. The van der Waals surface area contributed by atoms with Crippen molar-refractivity contribution < 1.29 is 23.3 Å². The molecule has 0 amide bonds. The average Bonchev–Trinajstić information content (AvgIpc) is 3.17. The van der Waals surface area contributed by atoms with E-state index in [1.165, 1.54) is 50.8 Å². The monoisotopic (exact) mass is 500 g/mol. The molecule has 0 N–H and O–H groups in total. The Bertz CT molecular complexity index is 670. The Labute approximate surface area is 195 Å². The van der Waals surface area contributed by atoms with E-state index in [9.17, 15) is 0 Å². The molecular weight excluding hydrogens is 464 g/mol. The molecule has 0 nitrogen and oxygen atoms in total. The van der Waals surface area contributed by atoms with Gasteiger partial charge in [0.1, 0.15) is 0 Å². The van der Waals surface area contributed by atoms with Crippen molar-refractivity contribution in [3.8, 4) is 0 Å². The van der Waals surface area contributed by atoms with E-state index >= 15 is 0 Å². The molecule has 1 unspecified atom stereocenters. The van der Waals surface area contributed by atoms with Crippen LogP contribution >= 0.6 is 0 Å². The van der Waals surface area contributed by atoms with Gasteiger partial charge in [-0.1, -0.05) is 72.0 Å². The number of hydrogen-bond donors (Lipinski definition) is 0. The molecule has 0 spiro atoms. The van der Waals surface area contributed by atoms with Gasteiger partial charge in [-0.3, -0.25) is 6.08 Å². The number of hydrogen-bond acceptors (Lipinski definition) is 0. The van der Waals surface area contributed by atoms with Crippen molar-refractivity contribution in [1.29, 1.82) is 0 Å². The smallest absolute Gasteiger partial charge is 0.0809 e. The van der Waals surface area contributed by atoms with Gasteiger partial charge in [0.15, 0.2) is 0 Å². The van der Waals surface area contributed by atoms with Crippen LogP contribution in [0.4, 0.5) is 0 Å². The first kappa shape index (κ1) is 30.0. The molecule has 0 bridgehead atoms. The number of fused-ring (bicyclic) bond motifs is 1. The number of rotatable bonds is 0. The van der Waals surface area contributed by atoms with Gasteiger partial charge in [-0.15, -0.1) is 36.6 Å². The summed E-state index contributed by atoms with van der Waals surface area (Å²) in [6.45, 7) is 25.3. The van der Waals surface area contributed by atoms with E-state index in [4.69, 9.17) is 0 Å². The molecule has 1 aliphatic carbocycles. The van der Waals surface area contributed by atoms with Crippen LogP contribution < -0.4 is 0 Å². The van der Waals surface area contributed by atoms with Crippen LogP contribution in [0.1, 0.15) is 27.7 Å². The molecule has 1 atom stereocenters. The van der Waals surface area contributed by atoms with Crippen molar-refractivity contribution in [1.82, 2.24) is 0 Å². The topological polar surface area (TPSA) is 0 Å². The molecule has 0 aliphatic heterocycles. The van der Waals surface area contributed by atoms with Crippen molar-refractivity contribution in [3.63, 3.8) is 0 Å². The van der Waals surface area contributed by atoms with Gasteiger partial charge in [-0.25, -0.2) is 5.57 Å². The molecule has 0 aromatic heterocycles. The fraction of sp³-hybridized carbons (Fsp3) is 0.458. The van der Waals surface area contributed by atoms with Gasteiger partial charge >= 0.3 is 30.2 Å². The zero-order valence-corrected chi connectivity index (χ0v) is 25.1. The van der Waals surface area contributed by atoms with Crippen molar-refractivity contribution in [2.45, 2.75) is 67.0 Å². The Kier molecular flexibility index (Phi) is 19.0. The molecule has 0 saturated heterocycles. The summed E-state index contributed by atoms with van der Waals surface area (Å²) in [5.41, 5.74) is 4.25. The minimum Gasteiger partial charge on any atom is -0.168 e. The van der Waals surface area contributed by atoms with Crippen molar-refractivity contribution >= 4 is 35.2 Å². The minimum absolute atomic E-state index is 0.120. The van der Waals surface area contributed by atoms with Crippen LogP contribution in [-0.4, -0.2) is 24.5 Å². The van der Waals surface area contributed by atoms with Crippen molar-refractivity contribution in [3.05, 3.63) is 65.3 Å². The van der Waals surface area contributed by atoms with Crippen LogP contribution in [0.2, 0.25) is 39.3 Å². The Morgan fingerprint density at radius 1 is 0.893 bits per heavy atom. The summed E-state index contributed by atoms with van der Waals surface area (Å²) < 4.78 is 0. The summed E-state index contributed by atoms with van der Waals surface area (Å²) in [4.78, 5) is 0. The van der Waals surface area contributed by atoms with Gasteiger partial charge in [-0.2, -0.15) is 28.7 Å². The van der Waals surface area contributed by atoms with Gasteiger partial charge in [0.05, 0.1) is 0 Å². The summed E-state index contributed by atoms with van der Waals surface area (Å²) in [6, 6.07) is 14.7. The van der Waals surface area contributed by atoms with Crippen LogP contribution in [0, 0.1) is 12.0 Å². The zero-order valence-electron chi connectivity index (χ0n) is 19.6. The van der Waals surface area contributed by atoms with E-state index in [1.807, 2.05) is 0 Å². The zero-order chi connectivity index (χ0) is 22.3. The van der Waals surface area contributed by atoms with Crippen LogP contribution in [0.15, 0.2) is 59.2 Å². The first-order valence-electron chi connectivity index (χ1n) is 9.73. The summed E-state index contributed by atoms with van der Waals surface area (Å²) in [6.07, 6.45) is 3.36. The molecule has 3 rings (SSSR count). The summed E-state index contributed by atoms with van der Waals surface area (Å²) >= 11 is 1.36. The number of benzene rings is 1. The third kappa shape index (κ3) is 14.8. The van der Waals surface area contributed by atoms with Crippen LogP contribution in [0.3, 0.4) is 0 Å². The summed E-state index contributed by atoms with van der Waals surface area (Å²) in [7, 11) is 0.241. The second kappa shape index (κ2) is 17.7. The van der Waals surface area contributed by atoms with E-state index in [1.54, 1.807) is 0 Å². The molecule has 150 valence electrons. The minimum atomic E-state index is 0.120. The Balaban J connectivity index is 0. The second-order valence-corrected chi connectivity index (χ2v) is 14.0. The third-order valence-electron chi connectivity index (χ3n) is 3.78. The van der Waals surface area contributed by atoms with Gasteiger partial charge in [-0.05, 0) is 0 Å². The van der Waals surface area contributed by atoms with E-state index < -0.39 is 0 Å². The fourth-order valence-electron chi connectivity index (χ4n) is 2.23. The quantitative estimate of drug-likeness (QED) is 0.257.